The van der Waals surface area contributed by atoms with E-state index in [0.29, 0.717) is 23.4 Å². The maximum atomic E-state index is 12.9. The number of nitrogens with zero attached hydrogens (tertiary/aromatic N) is 1. The van der Waals surface area contributed by atoms with Crippen LogP contribution in [0.3, 0.4) is 0 Å². The number of benzene rings is 2. The van der Waals surface area contributed by atoms with Gasteiger partial charge in [0.2, 0.25) is 0 Å². The van der Waals surface area contributed by atoms with Crippen molar-refractivity contribution in [2.45, 2.75) is 19.8 Å². The van der Waals surface area contributed by atoms with Crippen molar-refractivity contribution in [3.8, 4) is 0 Å². The Morgan fingerprint density at radius 1 is 1.08 bits per heavy atom. The van der Waals surface area contributed by atoms with E-state index in [9.17, 15) is 14.0 Å². The number of carbonyl (C=O) groups excluding carboxylic acids is 2. The molecule has 2 aromatic rings. The summed E-state index contributed by atoms with van der Waals surface area (Å²) in [6.45, 7) is 2.75. The second-order valence-corrected chi connectivity index (χ2v) is 5.62. The van der Waals surface area contributed by atoms with Crippen molar-refractivity contribution in [2.75, 3.05) is 18.9 Å². The van der Waals surface area contributed by atoms with Crippen molar-refractivity contribution < 1.29 is 14.0 Å². The van der Waals surface area contributed by atoms with Crippen molar-refractivity contribution in [1.82, 2.24) is 4.90 Å². The SMILES string of the molecule is CCCCN(C)C(=O)c1cccc(C(=O)Nc2ccc(F)cc2)c1. The van der Waals surface area contributed by atoms with Crippen LogP contribution < -0.4 is 5.32 Å². The zero-order valence-electron chi connectivity index (χ0n) is 13.9. The summed E-state index contributed by atoms with van der Waals surface area (Å²) < 4.78 is 12.9. The highest BCUT2D eigenvalue weighted by Crippen LogP contribution is 2.13. The lowest BCUT2D eigenvalue weighted by molar-refractivity contribution is 0.0793. The Hall–Kier alpha value is -2.69. The molecule has 1 N–H and O–H groups in total. The number of anilines is 1. The van der Waals surface area contributed by atoms with Crippen LogP contribution in [-0.2, 0) is 0 Å². The zero-order valence-corrected chi connectivity index (χ0v) is 13.9. The Morgan fingerprint density at radius 3 is 2.42 bits per heavy atom. The van der Waals surface area contributed by atoms with Crippen LogP contribution in [0.2, 0.25) is 0 Å². The summed E-state index contributed by atoms with van der Waals surface area (Å²) in [6.07, 6.45) is 1.95. The lowest BCUT2D eigenvalue weighted by Gasteiger charge is -2.17. The van der Waals surface area contributed by atoms with Gasteiger partial charge in [-0.05, 0) is 48.9 Å². The van der Waals surface area contributed by atoms with E-state index in [4.69, 9.17) is 0 Å². The summed E-state index contributed by atoms with van der Waals surface area (Å²) in [7, 11) is 1.75. The van der Waals surface area contributed by atoms with Gasteiger partial charge in [0.1, 0.15) is 5.82 Å². The fourth-order valence-corrected chi connectivity index (χ4v) is 2.25. The summed E-state index contributed by atoms with van der Waals surface area (Å²) in [5, 5.41) is 2.68. The van der Waals surface area contributed by atoms with Gasteiger partial charge in [-0.3, -0.25) is 9.59 Å². The number of hydrogen-bond acceptors (Lipinski definition) is 2. The van der Waals surface area contributed by atoms with Gasteiger partial charge in [0.25, 0.3) is 11.8 Å². The topological polar surface area (TPSA) is 49.4 Å². The molecule has 24 heavy (non-hydrogen) atoms. The number of nitrogens with one attached hydrogen (secondary N) is 1. The second kappa shape index (κ2) is 8.24. The molecule has 0 aliphatic heterocycles. The molecule has 0 aliphatic rings. The van der Waals surface area contributed by atoms with Crippen LogP contribution in [-0.4, -0.2) is 30.3 Å². The molecule has 0 bridgehead atoms. The van der Waals surface area contributed by atoms with Crippen molar-refractivity contribution in [1.29, 1.82) is 0 Å². The number of halogens is 1. The predicted octanol–water partition coefficient (Wildman–Crippen LogP) is 3.95. The van der Waals surface area contributed by atoms with E-state index in [2.05, 4.69) is 12.2 Å². The minimum Gasteiger partial charge on any atom is -0.342 e. The Kier molecular flexibility index (Phi) is 6.07. The van der Waals surface area contributed by atoms with Gasteiger partial charge in [-0.25, -0.2) is 4.39 Å². The fourth-order valence-electron chi connectivity index (χ4n) is 2.25. The minimum absolute atomic E-state index is 0.111. The summed E-state index contributed by atoms with van der Waals surface area (Å²) >= 11 is 0. The van der Waals surface area contributed by atoms with Gasteiger partial charge in [-0.15, -0.1) is 0 Å². The van der Waals surface area contributed by atoms with E-state index in [-0.39, 0.29) is 17.6 Å². The smallest absolute Gasteiger partial charge is 0.255 e. The van der Waals surface area contributed by atoms with Crippen LogP contribution in [0.5, 0.6) is 0 Å². The number of rotatable bonds is 6. The first-order valence-electron chi connectivity index (χ1n) is 7.93. The maximum absolute atomic E-state index is 12.9. The summed E-state index contributed by atoms with van der Waals surface area (Å²) in [5.41, 5.74) is 1.35. The Bertz CT molecular complexity index is 714. The number of unbranched alkanes of at least 4 members (excludes halogenated alkanes) is 1. The molecular formula is C19H21FN2O2. The van der Waals surface area contributed by atoms with Gasteiger partial charge in [-0.2, -0.15) is 0 Å². The van der Waals surface area contributed by atoms with Crippen LogP contribution >= 0.6 is 0 Å². The van der Waals surface area contributed by atoms with Crippen LogP contribution in [0.25, 0.3) is 0 Å². The van der Waals surface area contributed by atoms with Gasteiger partial charge in [0, 0.05) is 30.4 Å². The van der Waals surface area contributed by atoms with E-state index in [1.807, 2.05) is 0 Å². The molecule has 5 heteroatoms. The van der Waals surface area contributed by atoms with Crippen molar-refractivity contribution in [2.24, 2.45) is 0 Å². The van der Waals surface area contributed by atoms with E-state index in [1.165, 1.54) is 24.3 Å². The molecule has 0 aliphatic carbocycles. The molecule has 4 nitrogen and oxygen atoms in total. The quantitative estimate of drug-likeness (QED) is 0.873. The van der Waals surface area contributed by atoms with Crippen molar-refractivity contribution >= 4 is 17.5 Å². The molecule has 0 atom stereocenters. The fraction of sp³-hybridized carbons (Fsp3) is 0.263. The first-order valence-corrected chi connectivity index (χ1v) is 7.93. The third-order valence-corrected chi connectivity index (χ3v) is 3.67. The molecule has 0 saturated heterocycles. The average Bonchev–Trinajstić information content (AvgIpc) is 2.61. The molecule has 2 aromatic carbocycles. The Morgan fingerprint density at radius 2 is 1.75 bits per heavy atom. The summed E-state index contributed by atoms with van der Waals surface area (Å²) in [5.74, 6) is -0.817. The van der Waals surface area contributed by atoms with Crippen LogP contribution in [0.4, 0.5) is 10.1 Å². The molecule has 0 unspecified atom stereocenters. The number of amides is 2. The molecule has 126 valence electrons. The van der Waals surface area contributed by atoms with Crippen molar-refractivity contribution in [3.63, 3.8) is 0 Å². The van der Waals surface area contributed by atoms with Crippen LogP contribution in [0, 0.1) is 5.82 Å². The lowest BCUT2D eigenvalue weighted by atomic mass is 10.1. The monoisotopic (exact) mass is 328 g/mol. The van der Waals surface area contributed by atoms with Crippen LogP contribution in [0.1, 0.15) is 40.5 Å². The molecule has 2 rings (SSSR count). The van der Waals surface area contributed by atoms with E-state index >= 15 is 0 Å². The van der Waals surface area contributed by atoms with E-state index in [0.717, 1.165) is 12.8 Å². The molecule has 0 fully saturated rings. The first-order chi connectivity index (χ1) is 11.5. The minimum atomic E-state index is -0.365. The maximum Gasteiger partial charge on any atom is 0.255 e. The standard InChI is InChI=1S/C19H21FN2O2/c1-3-4-12-22(2)19(24)15-7-5-6-14(13-15)18(23)21-17-10-8-16(20)9-11-17/h5-11,13H,3-4,12H2,1-2H3,(H,21,23). The molecule has 0 heterocycles. The highest BCUT2D eigenvalue weighted by atomic mass is 19.1. The van der Waals surface area contributed by atoms with E-state index in [1.54, 1.807) is 36.2 Å². The molecular weight excluding hydrogens is 307 g/mol. The highest BCUT2D eigenvalue weighted by Gasteiger charge is 2.14. The molecule has 0 radical (unpaired) electrons. The van der Waals surface area contributed by atoms with Gasteiger partial charge in [0.15, 0.2) is 0 Å². The van der Waals surface area contributed by atoms with E-state index < -0.39 is 0 Å². The first kappa shape index (κ1) is 17.7. The number of hydrogen-bond donors (Lipinski definition) is 1. The average molecular weight is 328 g/mol. The summed E-state index contributed by atoms with van der Waals surface area (Å²) in [4.78, 5) is 26.3. The lowest BCUT2D eigenvalue weighted by Crippen LogP contribution is -2.28. The predicted molar refractivity (Wildman–Crippen MR) is 92.7 cm³/mol. The normalized spacial score (nSPS) is 10.3. The highest BCUT2D eigenvalue weighted by molar-refractivity contribution is 6.06. The number of carbonyl (C=O) groups is 2. The molecule has 2 amide bonds. The third kappa shape index (κ3) is 4.65. The largest absolute Gasteiger partial charge is 0.342 e. The molecule has 0 saturated carbocycles. The molecule has 0 spiro atoms. The van der Waals surface area contributed by atoms with Gasteiger partial charge >= 0.3 is 0 Å². The van der Waals surface area contributed by atoms with Crippen molar-refractivity contribution in [3.05, 3.63) is 65.5 Å². The second-order valence-electron chi connectivity index (χ2n) is 5.62. The van der Waals surface area contributed by atoms with Crippen LogP contribution in [0.15, 0.2) is 48.5 Å². The van der Waals surface area contributed by atoms with Gasteiger partial charge in [0.05, 0.1) is 0 Å². The molecule has 0 aromatic heterocycles. The third-order valence-electron chi connectivity index (χ3n) is 3.67. The van der Waals surface area contributed by atoms with Gasteiger partial charge in [-0.1, -0.05) is 19.4 Å². The summed E-state index contributed by atoms with van der Waals surface area (Å²) in [6, 6.07) is 12.1. The Labute approximate surface area is 141 Å². The Balaban J connectivity index is 2.10. The van der Waals surface area contributed by atoms with Gasteiger partial charge < -0.3 is 10.2 Å². The zero-order chi connectivity index (χ0) is 17.5.